The molecule has 2 unspecified atom stereocenters. The molecule has 2 saturated heterocycles. The van der Waals surface area contributed by atoms with Gasteiger partial charge in [-0.3, -0.25) is 4.90 Å². The lowest BCUT2D eigenvalue weighted by atomic mass is 9.90. The predicted molar refractivity (Wildman–Crippen MR) is 113 cm³/mol. The second-order valence-electron chi connectivity index (χ2n) is 7.40. The highest BCUT2D eigenvalue weighted by atomic mass is 35.5. The van der Waals surface area contributed by atoms with Crippen molar-refractivity contribution in [1.29, 1.82) is 0 Å². The quantitative estimate of drug-likeness (QED) is 0.695. The van der Waals surface area contributed by atoms with E-state index in [0.717, 1.165) is 34.3 Å². The number of rotatable bonds is 4. The molecule has 4 nitrogen and oxygen atoms in total. The first-order chi connectivity index (χ1) is 12.8. The lowest BCUT2D eigenvalue weighted by Gasteiger charge is -2.24. The van der Waals surface area contributed by atoms with Gasteiger partial charge < -0.3 is 10.1 Å². The van der Waals surface area contributed by atoms with E-state index in [1.807, 2.05) is 24.3 Å². The molecule has 1 aromatic heterocycles. The number of ether oxygens (including phenoxy) is 1. The molecule has 2 aliphatic rings. The molecule has 2 fully saturated rings. The van der Waals surface area contributed by atoms with Crippen molar-refractivity contribution in [3.8, 4) is 10.9 Å². The smallest absolute Gasteiger partial charge is 0.279 e. The van der Waals surface area contributed by atoms with Crippen LogP contribution in [0.25, 0.3) is 10.2 Å². The number of piperidine rings is 1. The van der Waals surface area contributed by atoms with Crippen molar-refractivity contribution < 1.29 is 4.74 Å². The minimum Gasteiger partial charge on any atom is -0.431 e. The van der Waals surface area contributed by atoms with E-state index in [1.165, 1.54) is 38.2 Å². The molecule has 142 valence electrons. The third-order valence-corrected chi connectivity index (χ3v) is 6.45. The Kier molecular flexibility index (Phi) is 5.64. The molecule has 0 spiro atoms. The molecule has 3 heterocycles. The molecule has 0 radical (unpaired) electrons. The van der Waals surface area contributed by atoms with Gasteiger partial charge in [0.15, 0.2) is 0 Å². The number of hydrogen-bond acceptors (Lipinski definition) is 5. The summed E-state index contributed by atoms with van der Waals surface area (Å²) >= 11 is 1.59. The van der Waals surface area contributed by atoms with Crippen molar-refractivity contribution in [1.82, 2.24) is 15.2 Å². The van der Waals surface area contributed by atoms with Crippen molar-refractivity contribution >= 4 is 34.0 Å². The summed E-state index contributed by atoms with van der Waals surface area (Å²) in [7, 11) is 0. The minimum absolute atomic E-state index is 0. The minimum atomic E-state index is 0. The summed E-state index contributed by atoms with van der Waals surface area (Å²) in [5, 5.41) is 4.25. The molecule has 2 aromatic carbocycles. The summed E-state index contributed by atoms with van der Waals surface area (Å²) in [5.74, 6) is 2.57. The largest absolute Gasteiger partial charge is 0.431 e. The van der Waals surface area contributed by atoms with Gasteiger partial charge in [-0.2, -0.15) is 0 Å². The Morgan fingerprint density at radius 3 is 2.89 bits per heavy atom. The Morgan fingerprint density at radius 1 is 1.11 bits per heavy atom. The first-order valence-electron chi connectivity index (χ1n) is 9.39. The van der Waals surface area contributed by atoms with Crippen molar-refractivity contribution in [2.75, 3.05) is 26.2 Å². The van der Waals surface area contributed by atoms with E-state index in [4.69, 9.17) is 4.74 Å². The van der Waals surface area contributed by atoms with Crippen LogP contribution in [0.2, 0.25) is 0 Å². The number of hydrogen-bond donors (Lipinski definition) is 1. The van der Waals surface area contributed by atoms with Gasteiger partial charge in [-0.15, -0.1) is 12.4 Å². The summed E-state index contributed by atoms with van der Waals surface area (Å²) < 4.78 is 7.20. The zero-order valence-corrected chi connectivity index (χ0v) is 16.8. The van der Waals surface area contributed by atoms with Gasteiger partial charge in [0.2, 0.25) is 0 Å². The van der Waals surface area contributed by atoms with E-state index in [1.54, 1.807) is 11.3 Å². The molecular formula is C21H24ClN3OS. The van der Waals surface area contributed by atoms with E-state index in [0.29, 0.717) is 5.19 Å². The fourth-order valence-electron chi connectivity index (χ4n) is 4.26. The van der Waals surface area contributed by atoms with Crippen LogP contribution in [0.1, 0.15) is 12.0 Å². The third kappa shape index (κ3) is 4.11. The standard InChI is InChI=1S/C21H23N3OS.ClH/c1-2-7-20-19(6-1)23-21(26-20)25-18-5-3-4-15(10-18)12-24-13-16-8-9-22-11-17(16)14-24;/h1-7,10,16-17,22H,8-9,11-14H2;1H. The predicted octanol–water partition coefficient (Wildman–Crippen LogP) is 4.55. The SMILES string of the molecule is Cl.c1cc(CN2CC3CCNCC3C2)cc(Oc2nc3ccccc3s2)c1. The molecule has 3 aromatic rings. The second-order valence-corrected chi connectivity index (χ2v) is 8.40. The zero-order valence-electron chi connectivity index (χ0n) is 15.1. The van der Waals surface area contributed by atoms with Gasteiger partial charge in [-0.1, -0.05) is 35.6 Å². The van der Waals surface area contributed by atoms with Crippen LogP contribution in [0.3, 0.4) is 0 Å². The van der Waals surface area contributed by atoms with Gasteiger partial charge in [0.1, 0.15) is 5.75 Å². The number of halogens is 1. The Labute approximate surface area is 170 Å². The van der Waals surface area contributed by atoms with Crippen molar-refractivity contribution in [3.63, 3.8) is 0 Å². The topological polar surface area (TPSA) is 37.4 Å². The normalized spacial score (nSPS) is 22.4. The molecule has 0 aliphatic carbocycles. The average Bonchev–Trinajstić information content (AvgIpc) is 3.24. The molecule has 0 bridgehead atoms. The number of likely N-dealkylation sites (tertiary alicyclic amines) is 1. The van der Waals surface area contributed by atoms with Crippen LogP contribution in [-0.4, -0.2) is 36.1 Å². The average molecular weight is 402 g/mol. The van der Waals surface area contributed by atoms with Crippen LogP contribution < -0.4 is 10.1 Å². The number of nitrogens with zero attached hydrogens (tertiary/aromatic N) is 2. The van der Waals surface area contributed by atoms with Gasteiger partial charge >= 0.3 is 0 Å². The molecular weight excluding hydrogens is 378 g/mol. The third-order valence-electron chi connectivity index (χ3n) is 5.53. The maximum atomic E-state index is 6.04. The van der Waals surface area contributed by atoms with Crippen LogP contribution in [0.4, 0.5) is 0 Å². The first-order valence-corrected chi connectivity index (χ1v) is 10.2. The van der Waals surface area contributed by atoms with Crippen molar-refractivity contribution in [2.45, 2.75) is 13.0 Å². The van der Waals surface area contributed by atoms with Crippen molar-refractivity contribution in [3.05, 3.63) is 54.1 Å². The van der Waals surface area contributed by atoms with E-state index >= 15 is 0 Å². The summed E-state index contributed by atoms with van der Waals surface area (Å²) in [4.78, 5) is 7.17. The number of para-hydroxylation sites is 1. The summed E-state index contributed by atoms with van der Waals surface area (Å²) in [5.41, 5.74) is 2.31. The maximum absolute atomic E-state index is 6.04. The van der Waals surface area contributed by atoms with E-state index in [9.17, 15) is 0 Å². The monoisotopic (exact) mass is 401 g/mol. The molecule has 2 atom stereocenters. The van der Waals surface area contributed by atoms with Gasteiger partial charge in [0, 0.05) is 19.6 Å². The van der Waals surface area contributed by atoms with E-state index in [-0.39, 0.29) is 12.4 Å². The van der Waals surface area contributed by atoms with Crippen LogP contribution in [-0.2, 0) is 6.54 Å². The van der Waals surface area contributed by atoms with Crippen LogP contribution in [0.15, 0.2) is 48.5 Å². The Hall–Kier alpha value is -1.66. The number of aromatic nitrogens is 1. The lowest BCUT2D eigenvalue weighted by molar-refractivity contribution is 0.313. The first kappa shape index (κ1) is 18.7. The maximum Gasteiger partial charge on any atom is 0.279 e. The van der Waals surface area contributed by atoms with E-state index < -0.39 is 0 Å². The number of benzene rings is 2. The number of fused-ring (bicyclic) bond motifs is 2. The van der Waals surface area contributed by atoms with Crippen molar-refractivity contribution in [2.24, 2.45) is 11.8 Å². The Bertz CT molecular complexity index is 868. The highest BCUT2D eigenvalue weighted by Crippen LogP contribution is 2.32. The molecule has 27 heavy (non-hydrogen) atoms. The summed E-state index contributed by atoms with van der Waals surface area (Å²) in [6, 6.07) is 16.6. The second kappa shape index (κ2) is 8.15. The fraction of sp³-hybridized carbons (Fsp3) is 0.381. The van der Waals surface area contributed by atoms with Crippen LogP contribution >= 0.6 is 23.7 Å². The van der Waals surface area contributed by atoms with Gasteiger partial charge in [-0.25, -0.2) is 4.98 Å². The lowest BCUT2D eigenvalue weighted by Crippen LogP contribution is -2.35. The highest BCUT2D eigenvalue weighted by molar-refractivity contribution is 7.20. The van der Waals surface area contributed by atoms with Crippen LogP contribution in [0, 0.1) is 11.8 Å². The fourth-order valence-corrected chi connectivity index (χ4v) is 5.09. The highest BCUT2D eigenvalue weighted by Gasteiger charge is 2.34. The molecule has 1 N–H and O–H groups in total. The molecule has 6 heteroatoms. The van der Waals surface area contributed by atoms with Crippen LogP contribution in [0.5, 0.6) is 10.9 Å². The Morgan fingerprint density at radius 2 is 2.00 bits per heavy atom. The molecule has 0 amide bonds. The van der Waals surface area contributed by atoms with Gasteiger partial charge in [0.05, 0.1) is 10.2 Å². The molecule has 5 rings (SSSR count). The van der Waals surface area contributed by atoms with Gasteiger partial charge in [0.25, 0.3) is 5.19 Å². The summed E-state index contributed by atoms with van der Waals surface area (Å²) in [6.07, 6.45) is 1.32. The number of nitrogens with one attached hydrogen (secondary N) is 1. The molecule has 0 saturated carbocycles. The van der Waals surface area contributed by atoms with Gasteiger partial charge in [-0.05, 0) is 61.2 Å². The molecule has 2 aliphatic heterocycles. The number of thiazole rings is 1. The zero-order chi connectivity index (χ0) is 17.3. The van der Waals surface area contributed by atoms with E-state index in [2.05, 4.69) is 39.5 Å². The Balaban J connectivity index is 0.00000180. The summed E-state index contributed by atoms with van der Waals surface area (Å²) in [6.45, 7) is 5.81.